The summed E-state index contributed by atoms with van der Waals surface area (Å²) in [5, 5.41) is 40.8. The largest absolute Gasteiger partial charge is 0.480 e. The first kappa shape index (κ1) is 27.0. The molecule has 0 aromatic heterocycles. The number of hydrogen-bond donors (Lipinski definition) is 7. The Morgan fingerprint density at radius 2 is 1.65 bits per heavy atom. The Morgan fingerprint density at radius 3 is 2.18 bits per heavy atom. The molecule has 0 saturated heterocycles. The van der Waals surface area contributed by atoms with Crippen molar-refractivity contribution in [3.05, 3.63) is 83.0 Å². The average Bonchev–Trinajstić information content (AvgIpc) is 2.83. The van der Waals surface area contributed by atoms with E-state index in [1.165, 1.54) is 0 Å². The Labute approximate surface area is 202 Å². The third-order valence-corrected chi connectivity index (χ3v) is 5.25. The molecule has 2 aromatic carbocycles. The van der Waals surface area contributed by atoms with Crippen molar-refractivity contribution in [1.29, 1.82) is 0 Å². The highest BCUT2D eigenvalue weighted by molar-refractivity contribution is 6.30. The Morgan fingerprint density at radius 1 is 1.06 bits per heavy atom. The summed E-state index contributed by atoms with van der Waals surface area (Å²) in [6.45, 7) is 2.69. The minimum atomic E-state index is -1.21. The first-order valence-electron chi connectivity index (χ1n) is 10.3. The van der Waals surface area contributed by atoms with Gasteiger partial charge in [-0.2, -0.15) is 0 Å². The number of halogens is 1. The maximum atomic E-state index is 12.4. The quantitative estimate of drug-likeness (QED) is 0.293. The second-order valence-electron chi connectivity index (χ2n) is 7.78. The molecule has 8 N–H and O–H groups in total. The summed E-state index contributed by atoms with van der Waals surface area (Å²) >= 11 is 5.82. The molecule has 2 aromatic rings. The first-order chi connectivity index (χ1) is 16.1. The number of fused-ring (bicyclic) bond motifs is 1. The van der Waals surface area contributed by atoms with E-state index in [4.69, 9.17) is 32.7 Å². The number of carboxylic acid groups (broad SMARTS) is 1. The molecule has 0 spiro atoms. The number of hydrogen-bond acceptors (Lipinski definition) is 7. The van der Waals surface area contributed by atoms with Crippen molar-refractivity contribution in [1.82, 2.24) is 5.32 Å². The Hall–Kier alpha value is -3.21. The maximum absolute atomic E-state index is 12.4. The van der Waals surface area contributed by atoms with Crippen LogP contribution in [0.2, 0.25) is 5.02 Å². The Bertz CT molecular complexity index is 1040. The molecule has 1 heterocycles. The molecule has 182 valence electrons. The molecule has 1 atom stereocenters. The average molecular weight is 490 g/mol. The van der Waals surface area contributed by atoms with Gasteiger partial charge < -0.3 is 36.8 Å². The molecule has 1 amide bonds. The van der Waals surface area contributed by atoms with E-state index in [2.05, 4.69) is 17.2 Å². The molecule has 1 unspecified atom stereocenters. The number of carboxylic acids is 1. The highest BCUT2D eigenvalue weighted by Crippen LogP contribution is 2.33. The van der Waals surface area contributed by atoms with Gasteiger partial charge in [0.2, 0.25) is 0 Å². The van der Waals surface area contributed by atoms with Gasteiger partial charge in [-0.1, -0.05) is 36.4 Å². The molecule has 34 heavy (non-hydrogen) atoms. The molecule has 0 aliphatic carbocycles. The first-order valence-corrected chi connectivity index (χ1v) is 10.7. The van der Waals surface area contributed by atoms with Crippen molar-refractivity contribution >= 4 is 34.7 Å². The van der Waals surface area contributed by atoms with Gasteiger partial charge in [0.25, 0.3) is 5.91 Å². The molecule has 1 aliphatic rings. The molecule has 0 bridgehead atoms. The van der Waals surface area contributed by atoms with E-state index in [1.807, 2.05) is 24.3 Å². The van der Waals surface area contributed by atoms with Crippen LogP contribution < -0.4 is 16.4 Å². The smallest absolute Gasteiger partial charge is 0.326 e. The van der Waals surface area contributed by atoms with Crippen molar-refractivity contribution in [2.75, 3.05) is 25.1 Å². The van der Waals surface area contributed by atoms with Crippen molar-refractivity contribution in [2.45, 2.75) is 18.0 Å². The van der Waals surface area contributed by atoms with Crippen LogP contribution in [0.5, 0.6) is 0 Å². The number of nitrogens with two attached hydrogens (primary N) is 1. The van der Waals surface area contributed by atoms with Gasteiger partial charge in [-0.3, -0.25) is 4.79 Å². The summed E-state index contributed by atoms with van der Waals surface area (Å²) < 4.78 is 0. The molecular weight excluding hydrogens is 462 g/mol. The standard InChI is InChI=1S/C20H17ClN2O3.C4H11NO3/c1-12-10-14(16-4-2-3-5-17(16)22-12)11-18(20(25)26)23-19(24)13-6-8-15(21)9-7-13;5-4(1-6,2-7)3-8/h2-10,18,22H,1,11H2,(H,23,24)(H,25,26);6-8H,1-3,5H2. The second-order valence-corrected chi connectivity index (χ2v) is 8.21. The highest BCUT2D eigenvalue weighted by Gasteiger charge is 2.25. The van der Waals surface area contributed by atoms with Gasteiger partial charge in [0.1, 0.15) is 6.04 Å². The number of para-hydroxylation sites is 1. The monoisotopic (exact) mass is 489 g/mol. The molecular formula is C24H28ClN3O6. The lowest BCUT2D eigenvalue weighted by atomic mass is 9.93. The van der Waals surface area contributed by atoms with E-state index in [-0.39, 0.29) is 6.42 Å². The van der Waals surface area contributed by atoms with Gasteiger partial charge in [-0.15, -0.1) is 0 Å². The zero-order valence-corrected chi connectivity index (χ0v) is 19.1. The van der Waals surface area contributed by atoms with Gasteiger partial charge in [-0.25, -0.2) is 4.79 Å². The third-order valence-electron chi connectivity index (χ3n) is 5.00. The van der Waals surface area contributed by atoms with Gasteiger partial charge in [0.15, 0.2) is 0 Å². The molecule has 3 rings (SSSR count). The normalized spacial score (nSPS) is 13.4. The number of aliphatic carboxylic acids is 1. The minimum Gasteiger partial charge on any atom is -0.480 e. The summed E-state index contributed by atoms with van der Waals surface area (Å²) in [6.07, 6.45) is 1.94. The minimum absolute atomic E-state index is 0.145. The summed E-state index contributed by atoms with van der Waals surface area (Å²) in [4.78, 5) is 24.0. The number of carbonyl (C=O) groups excluding carboxylic acids is 1. The fourth-order valence-electron chi connectivity index (χ4n) is 2.95. The number of aliphatic hydroxyl groups excluding tert-OH is 3. The third kappa shape index (κ3) is 7.41. The molecule has 9 nitrogen and oxygen atoms in total. The van der Waals surface area contributed by atoms with E-state index >= 15 is 0 Å². The SMILES string of the molecule is C=C1C=C(CC(NC(=O)c2ccc(Cl)cc2)C(=O)O)c2ccccc2N1.NC(CO)(CO)CO. The number of allylic oxidation sites excluding steroid dienone is 1. The molecule has 0 fully saturated rings. The van der Waals surface area contributed by atoms with Crippen LogP contribution in [0.3, 0.4) is 0 Å². The molecule has 0 radical (unpaired) electrons. The van der Waals surface area contributed by atoms with Crippen molar-refractivity contribution < 1.29 is 30.0 Å². The van der Waals surface area contributed by atoms with E-state index in [0.29, 0.717) is 16.3 Å². The summed E-state index contributed by atoms with van der Waals surface area (Å²) in [6, 6.07) is 12.8. The van der Waals surface area contributed by atoms with E-state index < -0.39 is 43.3 Å². The van der Waals surface area contributed by atoms with Crippen LogP contribution in [0.25, 0.3) is 5.57 Å². The summed E-state index contributed by atoms with van der Waals surface area (Å²) in [5.74, 6) is -1.56. The fraction of sp³-hybridized carbons (Fsp3) is 0.250. The van der Waals surface area contributed by atoms with E-state index in [9.17, 15) is 14.7 Å². The van der Waals surface area contributed by atoms with Gasteiger partial charge in [-0.05, 0) is 42.0 Å². The van der Waals surface area contributed by atoms with Crippen LogP contribution in [0, 0.1) is 0 Å². The summed E-state index contributed by atoms with van der Waals surface area (Å²) in [5.41, 5.74) is 7.52. The lowest BCUT2D eigenvalue weighted by molar-refractivity contribution is -0.139. The second kappa shape index (κ2) is 12.3. The van der Waals surface area contributed by atoms with Crippen molar-refractivity contribution in [2.24, 2.45) is 5.73 Å². The van der Waals surface area contributed by atoms with Gasteiger partial charge in [0, 0.05) is 34.0 Å². The van der Waals surface area contributed by atoms with Crippen molar-refractivity contribution in [3.63, 3.8) is 0 Å². The number of rotatable bonds is 8. The van der Waals surface area contributed by atoms with Gasteiger partial charge in [0.05, 0.1) is 25.4 Å². The maximum Gasteiger partial charge on any atom is 0.326 e. The number of amides is 1. The van der Waals surface area contributed by atoms with Crippen LogP contribution in [-0.2, 0) is 4.79 Å². The lowest BCUT2D eigenvalue weighted by Gasteiger charge is -2.23. The summed E-state index contributed by atoms with van der Waals surface area (Å²) in [7, 11) is 0. The van der Waals surface area contributed by atoms with Crippen molar-refractivity contribution in [3.8, 4) is 0 Å². The number of anilines is 1. The zero-order valence-electron chi connectivity index (χ0n) is 18.4. The van der Waals surface area contributed by atoms with E-state index in [1.54, 1.807) is 30.3 Å². The van der Waals surface area contributed by atoms with Crippen LogP contribution in [0.4, 0.5) is 5.69 Å². The number of carbonyl (C=O) groups is 2. The Kier molecular flexibility index (Phi) is 9.79. The molecule has 0 saturated carbocycles. The van der Waals surface area contributed by atoms with Crippen LogP contribution in [-0.4, -0.2) is 63.7 Å². The van der Waals surface area contributed by atoms with Crippen LogP contribution in [0.1, 0.15) is 22.3 Å². The van der Waals surface area contributed by atoms with Crippen LogP contribution >= 0.6 is 11.6 Å². The van der Waals surface area contributed by atoms with Crippen LogP contribution in [0.15, 0.2) is 66.9 Å². The highest BCUT2D eigenvalue weighted by atomic mass is 35.5. The zero-order chi connectivity index (χ0) is 25.3. The topological polar surface area (TPSA) is 165 Å². The fourth-order valence-corrected chi connectivity index (χ4v) is 3.08. The Balaban J connectivity index is 0.000000440. The predicted molar refractivity (Wildman–Crippen MR) is 130 cm³/mol. The lowest BCUT2D eigenvalue weighted by Crippen LogP contribution is -2.50. The van der Waals surface area contributed by atoms with Gasteiger partial charge >= 0.3 is 5.97 Å². The van der Waals surface area contributed by atoms with E-state index in [0.717, 1.165) is 16.8 Å². The molecule has 1 aliphatic heterocycles. The number of benzene rings is 2. The number of nitrogens with one attached hydrogen (secondary N) is 2. The number of aliphatic hydroxyl groups is 3. The molecule has 10 heteroatoms. The predicted octanol–water partition coefficient (Wildman–Crippen LogP) is 1.60.